The minimum atomic E-state index is -4.41. The van der Waals surface area contributed by atoms with Gasteiger partial charge in [-0.25, -0.2) is 9.67 Å². The number of aromatic nitrogens is 3. The zero-order chi connectivity index (χ0) is 13.2. The molecule has 96 valence electrons. The summed E-state index contributed by atoms with van der Waals surface area (Å²) in [6, 6.07) is 3.57. The van der Waals surface area contributed by atoms with Crippen molar-refractivity contribution in [1.29, 1.82) is 0 Å². The van der Waals surface area contributed by atoms with Crippen LogP contribution in [0.3, 0.4) is 0 Å². The second-order valence-electron chi connectivity index (χ2n) is 3.58. The van der Waals surface area contributed by atoms with Gasteiger partial charge < -0.3 is 5.32 Å². The van der Waals surface area contributed by atoms with Crippen molar-refractivity contribution in [3.05, 3.63) is 36.2 Å². The third-order valence-electron chi connectivity index (χ3n) is 2.24. The number of anilines is 1. The second-order valence-corrected chi connectivity index (χ2v) is 3.58. The number of hydrogen-bond donors (Lipinski definition) is 1. The second kappa shape index (κ2) is 4.67. The molecular weight excluding hydrogens is 245 g/mol. The number of halogens is 3. The van der Waals surface area contributed by atoms with Crippen LogP contribution in [0.1, 0.15) is 12.5 Å². The number of nitrogens with one attached hydrogen (secondary N) is 1. The van der Waals surface area contributed by atoms with E-state index in [0.29, 0.717) is 6.54 Å². The van der Waals surface area contributed by atoms with Gasteiger partial charge in [-0.2, -0.15) is 18.3 Å². The molecule has 0 bridgehead atoms. The van der Waals surface area contributed by atoms with Crippen LogP contribution in [0.5, 0.6) is 0 Å². The molecule has 7 heteroatoms. The van der Waals surface area contributed by atoms with E-state index in [2.05, 4.69) is 15.4 Å². The first-order chi connectivity index (χ1) is 8.50. The van der Waals surface area contributed by atoms with Crippen molar-refractivity contribution in [1.82, 2.24) is 14.8 Å². The SMILES string of the molecule is CCNc1cc(C(F)(F)F)cc(-n2cccn2)n1. The third-order valence-corrected chi connectivity index (χ3v) is 2.24. The molecule has 0 unspecified atom stereocenters. The molecule has 0 aliphatic heterocycles. The van der Waals surface area contributed by atoms with Gasteiger partial charge in [0, 0.05) is 18.9 Å². The molecule has 4 nitrogen and oxygen atoms in total. The van der Waals surface area contributed by atoms with E-state index in [-0.39, 0.29) is 11.6 Å². The highest BCUT2D eigenvalue weighted by Crippen LogP contribution is 2.31. The molecule has 0 spiro atoms. The summed E-state index contributed by atoms with van der Waals surface area (Å²) in [5.41, 5.74) is -0.751. The molecule has 0 saturated carbocycles. The Bertz CT molecular complexity index is 520. The van der Waals surface area contributed by atoms with E-state index >= 15 is 0 Å². The Labute approximate surface area is 101 Å². The number of nitrogens with zero attached hydrogens (tertiary/aromatic N) is 3. The van der Waals surface area contributed by atoms with Crippen LogP contribution in [0, 0.1) is 0 Å². The van der Waals surface area contributed by atoms with Gasteiger partial charge in [-0.1, -0.05) is 0 Å². The van der Waals surface area contributed by atoms with Crippen LogP contribution in [-0.4, -0.2) is 21.3 Å². The first-order valence-electron chi connectivity index (χ1n) is 5.34. The highest BCUT2D eigenvalue weighted by atomic mass is 19.4. The summed E-state index contributed by atoms with van der Waals surface area (Å²) in [5.74, 6) is 0.309. The fraction of sp³-hybridized carbons (Fsp3) is 0.273. The Kier molecular flexibility index (Phi) is 3.22. The average Bonchev–Trinajstić information content (AvgIpc) is 2.81. The molecule has 0 aliphatic carbocycles. The fourth-order valence-electron chi connectivity index (χ4n) is 1.47. The van der Waals surface area contributed by atoms with Crippen LogP contribution in [0.4, 0.5) is 19.0 Å². The van der Waals surface area contributed by atoms with Crippen LogP contribution >= 0.6 is 0 Å². The standard InChI is InChI=1S/C11H11F3N4/c1-2-15-9-6-8(11(12,13)14)7-10(17-9)18-5-3-4-16-18/h3-7H,2H2,1H3,(H,15,17). The van der Waals surface area contributed by atoms with Crippen LogP contribution in [0.25, 0.3) is 5.82 Å². The number of alkyl halides is 3. The maximum Gasteiger partial charge on any atom is 0.416 e. The zero-order valence-corrected chi connectivity index (χ0v) is 9.57. The van der Waals surface area contributed by atoms with E-state index in [0.717, 1.165) is 12.1 Å². The topological polar surface area (TPSA) is 42.7 Å². The van der Waals surface area contributed by atoms with Crippen molar-refractivity contribution in [3.8, 4) is 5.82 Å². The molecule has 0 aliphatic rings. The molecule has 2 rings (SSSR count). The molecule has 0 radical (unpaired) electrons. The quantitative estimate of drug-likeness (QED) is 0.918. The molecule has 0 atom stereocenters. The first-order valence-corrected chi connectivity index (χ1v) is 5.34. The number of rotatable bonds is 3. The van der Waals surface area contributed by atoms with Gasteiger partial charge in [0.1, 0.15) is 5.82 Å². The number of pyridine rings is 1. The van der Waals surface area contributed by atoms with Crippen molar-refractivity contribution in [2.75, 3.05) is 11.9 Å². The predicted octanol–water partition coefficient (Wildman–Crippen LogP) is 2.72. The lowest BCUT2D eigenvalue weighted by Gasteiger charge is -2.11. The van der Waals surface area contributed by atoms with Gasteiger partial charge in [0.15, 0.2) is 5.82 Å². The summed E-state index contributed by atoms with van der Waals surface area (Å²) in [5, 5.41) is 6.64. The summed E-state index contributed by atoms with van der Waals surface area (Å²) in [7, 11) is 0. The summed E-state index contributed by atoms with van der Waals surface area (Å²) in [4.78, 5) is 4.07. The Hall–Kier alpha value is -2.05. The predicted molar refractivity (Wildman–Crippen MR) is 60.5 cm³/mol. The zero-order valence-electron chi connectivity index (χ0n) is 9.57. The molecular formula is C11H11F3N4. The van der Waals surface area contributed by atoms with E-state index in [4.69, 9.17) is 0 Å². The van der Waals surface area contributed by atoms with E-state index < -0.39 is 11.7 Å². The van der Waals surface area contributed by atoms with Crippen molar-refractivity contribution in [3.63, 3.8) is 0 Å². The Morgan fingerprint density at radius 2 is 2.11 bits per heavy atom. The molecule has 2 aromatic rings. The molecule has 18 heavy (non-hydrogen) atoms. The van der Waals surface area contributed by atoms with Gasteiger partial charge in [-0.15, -0.1) is 0 Å². The molecule has 0 saturated heterocycles. The Morgan fingerprint density at radius 3 is 2.67 bits per heavy atom. The lowest BCUT2D eigenvalue weighted by atomic mass is 10.2. The van der Waals surface area contributed by atoms with Crippen molar-refractivity contribution in [2.45, 2.75) is 13.1 Å². The summed E-state index contributed by atoms with van der Waals surface area (Å²) >= 11 is 0. The van der Waals surface area contributed by atoms with Gasteiger partial charge in [0.25, 0.3) is 0 Å². The number of hydrogen-bond acceptors (Lipinski definition) is 3. The summed E-state index contributed by atoms with van der Waals surface area (Å²) < 4.78 is 39.5. The van der Waals surface area contributed by atoms with Crippen LogP contribution in [0.2, 0.25) is 0 Å². The van der Waals surface area contributed by atoms with Crippen LogP contribution in [-0.2, 0) is 6.18 Å². The maximum atomic E-state index is 12.7. The highest BCUT2D eigenvalue weighted by Gasteiger charge is 2.31. The highest BCUT2D eigenvalue weighted by molar-refractivity contribution is 5.44. The molecule has 2 heterocycles. The van der Waals surface area contributed by atoms with Gasteiger partial charge in [-0.05, 0) is 25.1 Å². The normalized spacial score (nSPS) is 11.6. The smallest absolute Gasteiger partial charge is 0.370 e. The van der Waals surface area contributed by atoms with Gasteiger partial charge in [0.2, 0.25) is 0 Å². The largest absolute Gasteiger partial charge is 0.416 e. The Morgan fingerprint density at radius 1 is 1.33 bits per heavy atom. The molecule has 1 N–H and O–H groups in total. The van der Waals surface area contributed by atoms with E-state index in [1.165, 1.54) is 17.1 Å². The van der Waals surface area contributed by atoms with Crippen molar-refractivity contribution >= 4 is 5.82 Å². The van der Waals surface area contributed by atoms with E-state index in [1.807, 2.05) is 0 Å². The first kappa shape index (κ1) is 12.4. The summed E-state index contributed by atoms with van der Waals surface area (Å²) in [6.45, 7) is 2.28. The summed E-state index contributed by atoms with van der Waals surface area (Å²) in [6.07, 6.45) is -1.39. The van der Waals surface area contributed by atoms with Crippen LogP contribution < -0.4 is 5.32 Å². The Balaban J connectivity index is 2.50. The van der Waals surface area contributed by atoms with Crippen molar-refractivity contribution in [2.24, 2.45) is 0 Å². The molecule has 0 fully saturated rings. The van der Waals surface area contributed by atoms with Crippen LogP contribution in [0.15, 0.2) is 30.6 Å². The third kappa shape index (κ3) is 2.61. The average molecular weight is 256 g/mol. The lowest BCUT2D eigenvalue weighted by molar-refractivity contribution is -0.137. The molecule has 0 aromatic carbocycles. The van der Waals surface area contributed by atoms with Gasteiger partial charge >= 0.3 is 6.18 Å². The van der Waals surface area contributed by atoms with Gasteiger partial charge in [0.05, 0.1) is 5.56 Å². The minimum absolute atomic E-state index is 0.130. The molecule has 0 amide bonds. The monoisotopic (exact) mass is 256 g/mol. The van der Waals surface area contributed by atoms with Gasteiger partial charge in [-0.3, -0.25) is 0 Å². The van der Waals surface area contributed by atoms with Crippen molar-refractivity contribution < 1.29 is 13.2 Å². The molecule has 2 aromatic heterocycles. The lowest BCUT2D eigenvalue weighted by Crippen LogP contribution is -2.11. The maximum absolute atomic E-state index is 12.7. The van der Waals surface area contributed by atoms with E-state index in [1.54, 1.807) is 13.0 Å². The fourth-order valence-corrected chi connectivity index (χ4v) is 1.47. The minimum Gasteiger partial charge on any atom is -0.370 e. The van der Waals surface area contributed by atoms with E-state index in [9.17, 15) is 13.2 Å².